The number of hydrogen-bond donors (Lipinski definition) is 0. The lowest BCUT2D eigenvalue weighted by Crippen LogP contribution is -1.99. The summed E-state index contributed by atoms with van der Waals surface area (Å²) in [5, 5.41) is 0. The second-order valence-corrected chi connectivity index (χ2v) is 5.54. The van der Waals surface area contributed by atoms with Gasteiger partial charge in [0.15, 0.2) is 0 Å². The van der Waals surface area contributed by atoms with Crippen molar-refractivity contribution in [2.24, 2.45) is 4.99 Å². The SMILES string of the molecule is C=CC(=N/C(=C\C)c1cccc(C)c1)c1ccc(C)c(C)c1. The molecule has 0 aliphatic heterocycles. The van der Waals surface area contributed by atoms with Gasteiger partial charge in [-0.15, -0.1) is 0 Å². The maximum atomic E-state index is 4.83. The maximum absolute atomic E-state index is 4.83. The van der Waals surface area contributed by atoms with Crippen LogP contribution in [0.25, 0.3) is 5.70 Å². The highest BCUT2D eigenvalue weighted by molar-refractivity contribution is 6.10. The average molecular weight is 289 g/mol. The molecule has 0 fully saturated rings. The number of aryl methyl sites for hydroxylation is 3. The standard InChI is InChI=1S/C21H23N/c1-6-20(18-10-8-9-15(3)13-18)22-21(7-2)19-12-11-16(4)17(5)14-19/h6-14H,2H2,1,3-5H3/b20-6-,22-21?. The lowest BCUT2D eigenvalue weighted by molar-refractivity contribution is 1.33. The molecule has 0 bridgehead atoms. The fourth-order valence-corrected chi connectivity index (χ4v) is 2.36. The van der Waals surface area contributed by atoms with E-state index in [9.17, 15) is 0 Å². The average Bonchev–Trinajstić information content (AvgIpc) is 2.51. The third-order valence-corrected chi connectivity index (χ3v) is 3.82. The van der Waals surface area contributed by atoms with Crippen LogP contribution < -0.4 is 0 Å². The van der Waals surface area contributed by atoms with E-state index in [1.807, 2.05) is 19.1 Å². The molecule has 0 aliphatic carbocycles. The van der Waals surface area contributed by atoms with Gasteiger partial charge in [-0.05, 0) is 57.0 Å². The predicted octanol–water partition coefficient (Wildman–Crippen LogP) is 5.65. The molecular weight excluding hydrogens is 266 g/mol. The molecule has 0 N–H and O–H groups in total. The summed E-state index contributed by atoms with van der Waals surface area (Å²) in [6.07, 6.45) is 3.86. The highest BCUT2D eigenvalue weighted by Gasteiger charge is 2.05. The molecule has 2 rings (SSSR count). The van der Waals surface area contributed by atoms with E-state index in [-0.39, 0.29) is 0 Å². The van der Waals surface area contributed by atoms with Crippen molar-refractivity contribution in [3.05, 3.63) is 89.0 Å². The van der Waals surface area contributed by atoms with Crippen LogP contribution >= 0.6 is 0 Å². The number of aliphatic imine (C=N–C) groups is 1. The Kier molecular flexibility index (Phi) is 5.11. The molecule has 0 saturated heterocycles. The zero-order valence-corrected chi connectivity index (χ0v) is 13.9. The molecule has 0 radical (unpaired) electrons. The van der Waals surface area contributed by atoms with Gasteiger partial charge in [-0.2, -0.15) is 0 Å². The largest absolute Gasteiger partial charge is 0.248 e. The third kappa shape index (κ3) is 3.62. The number of rotatable bonds is 4. The molecule has 2 aromatic carbocycles. The van der Waals surface area contributed by atoms with Gasteiger partial charge in [0.25, 0.3) is 0 Å². The van der Waals surface area contributed by atoms with Crippen molar-refractivity contribution in [2.75, 3.05) is 0 Å². The molecule has 0 spiro atoms. The molecule has 0 aromatic heterocycles. The molecule has 22 heavy (non-hydrogen) atoms. The van der Waals surface area contributed by atoms with Crippen molar-refractivity contribution in [1.29, 1.82) is 0 Å². The number of nitrogens with zero attached hydrogens (tertiary/aromatic N) is 1. The first-order valence-electron chi connectivity index (χ1n) is 7.57. The molecule has 0 heterocycles. The summed E-state index contributed by atoms with van der Waals surface area (Å²) >= 11 is 0. The maximum Gasteiger partial charge on any atom is 0.0703 e. The minimum Gasteiger partial charge on any atom is -0.248 e. The predicted molar refractivity (Wildman–Crippen MR) is 97.5 cm³/mol. The first-order valence-corrected chi connectivity index (χ1v) is 7.57. The topological polar surface area (TPSA) is 12.4 Å². The van der Waals surface area contributed by atoms with Gasteiger partial charge in [-0.1, -0.05) is 48.6 Å². The normalized spacial score (nSPS) is 12.4. The van der Waals surface area contributed by atoms with Crippen LogP contribution in [0.4, 0.5) is 0 Å². The third-order valence-electron chi connectivity index (χ3n) is 3.82. The second-order valence-electron chi connectivity index (χ2n) is 5.54. The molecular formula is C21H23N. The fourth-order valence-electron chi connectivity index (χ4n) is 2.36. The van der Waals surface area contributed by atoms with Gasteiger partial charge < -0.3 is 0 Å². The number of benzene rings is 2. The van der Waals surface area contributed by atoms with E-state index in [4.69, 9.17) is 4.99 Å². The highest BCUT2D eigenvalue weighted by atomic mass is 14.8. The summed E-state index contributed by atoms with van der Waals surface area (Å²) in [7, 11) is 0. The van der Waals surface area contributed by atoms with E-state index >= 15 is 0 Å². The van der Waals surface area contributed by atoms with Gasteiger partial charge in [-0.25, -0.2) is 4.99 Å². The van der Waals surface area contributed by atoms with E-state index in [1.165, 1.54) is 16.7 Å². The zero-order chi connectivity index (χ0) is 16.1. The lowest BCUT2D eigenvalue weighted by Gasteiger charge is -2.08. The summed E-state index contributed by atoms with van der Waals surface area (Å²) in [4.78, 5) is 4.83. The van der Waals surface area contributed by atoms with E-state index < -0.39 is 0 Å². The first kappa shape index (κ1) is 16.0. The second kappa shape index (κ2) is 7.04. The summed E-state index contributed by atoms with van der Waals surface area (Å²) < 4.78 is 0. The van der Waals surface area contributed by atoms with Gasteiger partial charge >= 0.3 is 0 Å². The van der Waals surface area contributed by atoms with Crippen LogP contribution in [0.3, 0.4) is 0 Å². The van der Waals surface area contributed by atoms with Gasteiger partial charge in [0.2, 0.25) is 0 Å². The Labute approximate surface area is 133 Å². The van der Waals surface area contributed by atoms with Crippen LogP contribution in [0, 0.1) is 20.8 Å². The summed E-state index contributed by atoms with van der Waals surface area (Å²) in [6, 6.07) is 14.8. The van der Waals surface area contributed by atoms with Gasteiger partial charge in [-0.3, -0.25) is 0 Å². The number of hydrogen-bond acceptors (Lipinski definition) is 1. The summed E-state index contributed by atoms with van der Waals surface area (Å²) in [5.74, 6) is 0. The zero-order valence-electron chi connectivity index (χ0n) is 13.9. The Morgan fingerprint density at radius 2 is 1.73 bits per heavy atom. The Morgan fingerprint density at radius 3 is 2.32 bits per heavy atom. The van der Waals surface area contributed by atoms with E-state index in [0.29, 0.717) is 0 Å². The van der Waals surface area contributed by atoms with E-state index in [0.717, 1.165) is 22.5 Å². The highest BCUT2D eigenvalue weighted by Crippen LogP contribution is 2.20. The Bertz CT molecular complexity index is 748. The Morgan fingerprint density at radius 1 is 0.955 bits per heavy atom. The van der Waals surface area contributed by atoms with Crippen LogP contribution in [-0.2, 0) is 0 Å². The van der Waals surface area contributed by atoms with Gasteiger partial charge in [0.1, 0.15) is 0 Å². The minimum absolute atomic E-state index is 0.901. The van der Waals surface area contributed by atoms with Crippen molar-refractivity contribution in [3.63, 3.8) is 0 Å². The van der Waals surface area contributed by atoms with Crippen molar-refractivity contribution in [1.82, 2.24) is 0 Å². The molecule has 0 amide bonds. The van der Waals surface area contributed by atoms with Crippen molar-refractivity contribution in [2.45, 2.75) is 27.7 Å². The van der Waals surface area contributed by atoms with Crippen LogP contribution in [-0.4, -0.2) is 5.71 Å². The molecule has 112 valence electrons. The summed E-state index contributed by atoms with van der Waals surface area (Å²) in [6.45, 7) is 12.3. The van der Waals surface area contributed by atoms with E-state index in [2.05, 4.69) is 69.8 Å². The Balaban J connectivity index is 2.46. The Hall–Kier alpha value is -2.41. The molecule has 0 aliphatic rings. The first-order chi connectivity index (χ1) is 10.5. The fraction of sp³-hybridized carbons (Fsp3) is 0.190. The molecule has 1 heteroatoms. The van der Waals surface area contributed by atoms with Gasteiger partial charge in [0.05, 0.1) is 11.4 Å². The molecule has 0 atom stereocenters. The van der Waals surface area contributed by atoms with Crippen molar-refractivity contribution >= 4 is 11.4 Å². The minimum atomic E-state index is 0.901. The van der Waals surface area contributed by atoms with Crippen molar-refractivity contribution in [3.8, 4) is 0 Å². The van der Waals surface area contributed by atoms with Gasteiger partial charge in [0, 0.05) is 11.1 Å². The quantitative estimate of drug-likeness (QED) is 0.645. The molecule has 1 nitrogen and oxygen atoms in total. The summed E-state index contributed by atoms with van der Waals surface area (Å²) in [5.41, 5.74) is 7.89. The number of allylic oxidation sites excluding steroid dienone is 2. The smallest absolute Gasteiger partial charge is 0.0703 e. The van der Waals surface area contributed by atoms with Crippen LogP contribution in [0.2, 0.25) is 0 Å². The van der Waals surface area contributed by atoms with Crippen LogP contribution in [0.1, 0.15) is 34.7 Å². The molecule has 0 unspecified atom stereocenters. The monoisotopic (exact) mass is 289 g/mol. The molecule has 0 saturated carbocycles. The molecule has 2 aromatic rings. The van der Waals surface area contributed by atoms with Crippen LogP contribution in [0.5, 0.6) is 0 Å². The van der Waals surface area contributed by atoms with E-state index in [1.54, 1.807) is 0 Å². The lowest BCUT2D eigenvalue weighted by atomic mass is 10.0. The van der Waals surface area contributed by atoms with Crippen molar-refractivity contribution < 1.29 is 0 Å². The van der Waals surface area contributed by atoms with Crippen LogP contribution in [0.15, 0.2) is 66.2 Å².